The average Bonchev–Trinajstić information content (AvgIpc) is 3.15. The molecule has 1 atom stereocenters. The Morgan fingerprint density at radius 2 is 2.00 bits per heavy atom. The van der Waals surface area contributed by atoms with Gasteiger partial charge in [0.25, 0.3) is 0 Å². The van der Waals surface area contributed by atoms with Crippen molar-refractivity contribution < 1.29 is 13.9 Å². The molecule has 2 aromatic rings. The van der Waals surface area contributed by atoms with Gasteiger partial charge in [-0.2, -0.15) is 16.0 Å². The van der Waals surface area contributed by atoms with Crippen LogP contribution in [0, 0.1) is 5.82 Å². The van der Waals surface area contributed by atoms with E-state index in [2.05, 4.69) is 10.2 Å². The summed E-state index contributed by atoms with van der Waals surface area (Å²) in [7, 11) is -0.685. The second-order valence-corrected chi connectivity index (χ2v) is 6.89. The van der Waals surface area contributed by atoms with E-state index < -0.39 is 10.9 Å². The molecule has 0 saturated heterocycles. The Kier molecular flexibility index (Phi) is 3.31. The summed E-state index contributed by atoms with van der Waals surface area (Å²) in [6, 6.07) is 12.4. The monoisotopic (exact) mass is 316 g/mol. The molecule has 2 aliphatic heterocycles. The van der Waals surface area contributed by atoms with Crippen LogP contribution in [0.25, 0.3) is 0 Å². The van der Waals surface area contributed by atoms with E-state index in [9.17, 15) is 4.39 Å². The molecule has 0 aliphatic carbocycles. The maximum atomic E-state index is 13.3. The van der Waals surface area contributed by atoms with Crippen LogP contribution in [0.3, 0.4) is 0 Å². The van der Waals surface area contributed by atoms with E-state index in [1.54, 1.807) is 12.1 Å². The van der Waals surface area contributed by atoms with Crippen LogP contribution in [0.2, 0.25) is 0 Å². The summed E-state index contributed by atoms with van der Waals surface area (Å²) in [4.78, 5) is 0. The van der Waals surface area contributed by atoms with Crippen LogP contribution in [-0.2, 0) is 5.75 Å². The summed E-state index contributed by atoms with van der Waals surface area (Å²) in [5, 5.41) is 9.25. The summed E-state index contributed by atoms with van der Waals surface area (Å²) in [5.41, 5.74) is 3.79. The number of thiol groups is 1. The third-order valence-electron chi connectivity index (χ3n) is 3.49. The Morgan fingerprint density at radius 3 is 2.91 bits per heavy atom. The fraction of sp³-hybridized carbons (Fsp3) is 0.125. The predicted molar refractivity (Wildman–Crippen MR) is 86.7 cm³/mol. The lowest BCUT2D eigenvalue weighted by molar-refractivity contribution is 0.174. The molecule has 0 N–H and O–H groups in total. The Balaban J connectivity index is 1.59. The first kappa shape index (κ1) is 13.3. The molecule has 6 heteroatoms. The highest BCUT2D eigenvalue weighted by Crippen LogP contribution is 2.39. The van der Waals surface area contributed by atoms with Crippen LogP contribution in [0.1, 0.15) is 11.1 Å². The van der Waals surface area contributed by atoms with Crippen molar-refractivity contribution in [2.75, 3.05) is 6.79 Å². The number of benzene rings is 2. The number of hydrogen-bond acceptors (Lipinski definition) is 4. The topological polar surface area (TPSA) is 43.2 Å². The van der Waals surface area contributed by atoms with Crippen molar-refractivity contribution in [2.45, 2.75) is 5.75 Å². The van der Waals surface area contributed by atoms with Gasteiger partial charge in [0.05, 0.1) is 5.55 Å². The molecule has 0 spiro atoms. The molecule has 0 saturated carbocycles. The van der Waals surface area contributed by atoms with Crippen molar-refractivity contribution in [1.29, 1.82) is 0 Å². The van der Waals surface area contributed by atoms with Gasteiger partial charge in [-0.3, -0.25) is 0 Å². The van der Waals surface area contributed by atoms with Crippen LogP contribution < -0.4 is 9.47 Å². The molecular formula is C16H13FN2O2S. The van der Waals surface area contributed by atoms with Crippen LogP contribution >= 0.6 is 10.9 Å². The maximum absolute atomic E-state index is 13.3. The average molecular weight is 316 g/mol. The summed E-state index contributed by atoms with van der Waals surface area (Å²) < 4.78 is 24.1. The van der Waals surface area contributed by atoms with Crippen molar-refractivity contribution in [3.05, 3.63) is 59.4 Å². The minimum Gasteiger partial charge on any atom is -0.454 e. The number of hydrogen-bond donors (Lipinski definition) is 1. The van der Waals surface area contributed by atoms with Gasteiger partial charge in [0.1, 0.15) is 10.9 Å². The van der Waals surface area contributed by atoms with Gasteiger partial charge in [0.2, 0.25) is 6.79 Å². The highest BCUT2D eigenvalue weighted by Gasteiger charge is 2.21. The first-order valence-electron chi connectivity index (χ1n) is 6.82. The van der Waals surface area contributed by atoms with Crippen LogP contribution in [-0.4, -0.2) is 17.4 Å². The lowest BCUT2D eigenvalue weighted by Crippen LogP contribution is -2.02. The molecule has 1 unspecified atom stereocenters. The Morgan fingerprint density at radius 1 is 1.09 bits per heavy atom. The number of halogens is 1. The van der Waals surface area contributed by atoms with Gasteiger partial charge in [-0.15, -0.1) is 5.10 Å². The van der Waals surface area contributed by atoms with Gasteiger partial charge in [0, 0.05) is 11.3 Å². The largest absolute Gasteiger partial charge is 0.454 e. The smallest absolute Gasteiger partial charge is 0.231 e. The van der Waals surface area contributed by atoms with Crippen LogP contribution in [0.15, 0.2) is 52.7 Å². The molecule has 4 nitrogen and oxygen atoms in total. The van der Waals surface area contributed by atoms with Gasteiger partial charge in [0.15, 0.2) is 11.5 Å². The zero-order valence-electron chi connectivity index (χ0n) is 11.6. The molecular weight excluding hydrogens is 303 g/mol. The van der Waals surface area contributed by atoms with Crippen molar-refractivity contribution in [3.63, 3.8) is 0 Å². The van der Waals surface area contributed by atoms with E-state index in [-0.39, 0.29) is 12.6 Å². The first-order chi connectivity index (χ1) is 10.8. The molecule has 0 amide bonds. The van der Waals surface area contributed by atoms with Crippen molar-refractivity contribution in [1.82, 2.24) is 0 Å². The summed E-state index contributed by atoms with van der Waals surface area (Å²) in [5.74, 6) is 1.99. The van der Waals surface area contributed by atoms with E-state index in [1.807, 2.05) is 29.8 Å². The molecule has 2 aliphatic rings. The molecule has 0 fully saturated rings. The third kappa shape index (κ3) is 2.46. The van der Waals surface area contributed by atoms with E-state index in [4.69, 9.17) is 9.47 Å². The fourth-order valence-corrected chi connectivity index (χ4v) is 4.21. The molecule has 112 valence electrons. The van der Waals surface area contributed by atoms with Gasteiger partial charge < -0.3 is 9.47 Å². The zero-order chi connectivity index (χ0) is 14.9. The number of fused-ring (bicyclic) bond motifs is 1. The standard InChI is InChI=1S/C16H13FN2O2S/c17-13-3-1-2-11(6-13)8-22-9-18-19-16(22)12-4-5-14-15(7-12)21-10-20-14/h1-7,9,22H,8,10H2. The highest BCUT2D eigenvalue weighted by molar-refractivity contribution is 8.40. The maximum Gasteiger partial charge on any atom is 0.231 e. The van der Waals surface area contributed by atoms with Crippen LogP contribution in [0.4, 0.5) is 4.39 Å². The molecule has 2 aromatic carbocycles. The quantitative estimate of drug-likeness (QED) is 0.881. The minimum atomic E-state index is -0.685. The van der Waals surface area contributed by atoms with Gasteiger partial charge >= 0.3 is 0 Å². The highest BCUT2D eigenvalue weighted by atomic mass is 32.2. The molecule has 0 bridgehead atoms. The Labute approximate surface area is 129 Å². The fourth-order valence-electron chi connectivity index (χ4n) is 2.46. The third-order valence-corrected chi connectivity index (χ3v) is 5.47. The van der Waals surface area contributed by atoms with E-state index >= 15 is 0 Å². The molecule has 0 radical (unpaired) electrons. The minimum absolute atomic E-state index is 0.217. The van der Waals surface area contributed by atoms with Crippen LogP contribution in [0.5, 0.6) is 11.5 Å². The Bertz CT molecular complexity index is 791. The van der Waals surface area contributed by atoms with Gasteiger partial charge in [-0.05, 0) is 35.9 Å². The Hall–Kier alpha value is -2.34. The molecule has 2 heterocycles. The summed E-state index contributed by atoms with van der Waals surface area (Å²) in [6.45, 7) is 0.250. The number of rotatable bonds is 3. The SMILES string of the molecule is Fc1cccc(C[SH]2C=NN=C2c2ccc3c(c2)OCO3)c1. The van der Waals surface area contributed by atoms with E-state index in [0.29, 0.717) is 0 Å². The molecule has 4 rings (SSSR count). The molecule has 22 heavy (non-hydrogen) atoms. The van der Waals surface area contributed by atoms with Gasteiger partial charge in [-0.1, -0.05) is 12.1 Å². The van der Waals surface area contributed by atoms with Crippen molar-refractivity contribution >= 4 is 21.5 Å². The number of nitrogens with zero attached hydrogens (tertiary/aromatic N) is 2. The van der Waals surface area contributed by atoms with E-state index in [0.717, 1.165) is 33.4 Å². The lowest BCUT2D eigenvalue weighted by atomic mass is 10.2. The zero-order valence-corrected chi connectivity index (χ0v) is 12.5. The second-order valence-electron chi connectivity index (χ2n) is 4.98. The normalized spacial score (nSPS) is 20.2. The van der Waals surface area contributed by atoms with Crippen molar-refractivity contribution in [3.8, 4) is 11.5 Å². The van der Waals surface area contributed by atoms with Crippen molar-refractivity contribution in [2.24, 2.45) is 10.2 Å². The number of ether oxygens (including phenoxy) is 2. The second kappa shape index (κ2) is 5.46. The predicted octanol–water partition coefficient (Wildman–Crippen LogP) is 3.46. The first-order valence-corrected chi connectivity index (χ1v) is 8.41. The van der Waals surface area contributed by atoms with Gasteiger partial charge in [-0.25, -0.2) is 4.39 Å². The van der Waals surface area contributed by atoms with E-state index in [1.165, 1.54) is 6.07 Å². The summed E-state index contributed by atoms with van der Waals surface area (Å²) in [6.07, 6.45) is 0. The summed E-state index contributed by atoms with van der Waals surface area (Å²) >= 11 is 0. The lowest BCUT2D eigenvalue weighted by Gasteiger charge is -2.15. The molecule has 0 aromatic heterocycles.